The van der Waals surface area contributed by atoms with Gasteiger partial charge in [-0.25, -0.2) is 18.1 Å². The molecule has 0 fully saturated rings. The average molecular weight is 417 g/mol. The summed E-state index contributed by atoms with van der Waals surface area (Å²) in [7, 11) is -4.57. The zero-order valence-corrected chi connectivity index (χ0v) is 15.8. The summed E-state index contributed by atoms with van der Waals surface area (Å²) in [5.74, 6) is -0.967. The summed E-state index contributed by atoms with van der Waals surface area (Å²) in [4.78, 5) is 15.8. The molecular weight excluding hydrogens is 403 g/mol. The molecule has 2 aromatic rings. The fourth-order valence-corrected chi connectivity index (χ4v) is 4.34. The summed E-state index contributed by atoms with van der Waals surface area (Å²) in [6.07, 6.45) is -3.50. The lowest BCUT2D eigenvalue weighted by atomic mass is 10.1. The van der Waals surface area contributed by atoms with Gasteiger partial charge in [-0.2, -0.15) is 18.4 Å². The molecule has 0 atom stereocenters. The Morgan fingerprint density at radius 2 is 2.04 bits per heavy atom. The van der Waals surface area contributed by atoms with E-state index in [0.29, 0.717) is 23.2 Å². The van der Waals surface area contributed by atoms with Crippen LogP contribution in [0.1, 0.15) is 44.8 Å². The van der Waals surface area contributed by atoms with E-state index in [-0.39, 0.29) is 4.88 Å². The monoisotopic (exact) mass is 417 g/mol. The molecule has 0 spiro atoms. The van der Waals surface area contributed by atoms with Crippen molar-refractivity contribution in [2.75, 3.05) is 0 Å². The Bertz CT molecular complexity index is 1020. The Balaban J connectivity index is 2.37. The third-order valence-electron chi connectivity index (χ3n) is 3.47. The van der Waals surface area contributed by atoms with Gasteiger partial charge in [-0.05, 0) is 38.0 Å². The lowest BCUT2D eigenvalue weighted by Crippen LogP contribution is -2.30. The van der Waals surface area contributed by atoms with Crippen molar-refractivity contribution in [1.29, 1.82) is 5.26 Å². The fraction of sp³-hybridized carbons (Fsp3) is 0.312. The van der Waals surface area contributed by atoms with E-state index < -0.39 is 38.1 Å². The molecule has 144 valence electrons. The van der Waals surface area contributed by atoms with Crippen molar-refractivity contribution in [2.45, 2.75) is 37.8 Å². The minimum atomic E-state index is -4.91. The molecule has 0 unspecified atom stereocenters. The molecular formula is C16H14F3N3O3S2. The smallest absolute Gasteiger partial charge is 0.267 e. The highest BCUT2D eigenvalue weighted by molar-refractivity contribution is 7.90. The molecule has 0 aliphatic heterocycles. The van der Waals surface area contributed by atoms with Crippen molar-refractivity contribution in [3.05, 3.63) is 44.9 Å². The van der Waals surface area contributed by atoms with Crippen molar-refractivity contribution in [1.82, 2.24) is 9.71 Å². The first-order chi connectivity index (χ1) is 12.5. The summed E-state index contributed by atoms with van der Waals surface area (Å²) in [5, 5.41) is 9.43. The number of aromatic nitrogens is 1. The Kier molecular flexibility index (Phi) is 5.91. The standard InChI is InChI=1S/C16H14F3N3O3S2/c1-3-4-13-21-9(2)14(26-13)15(23)22-27(24,25)11-6-5-10(8-20)12(7-11)16(17,18)19/h5-7H,3-4H2,1-2H3,(H,22,23). The van der Waals surface area contributed by atoms with Crippen molar-refractivity contribution < 1.29 is 26.4 Å². The number of alkyl halides is 3. The van der Waals surface area contributed by atoms with E-state index >= 15 is 0 Å². The lowest BCUT2D eigenvalue weighted by molar-refractivity contribution is -0.137. The highest BCUT2D eigenvalue weighted by Gasteiger charge is 2.35. The maximum Gasteiger partial charge on any atom is 0.417 e. The first-order valence-electron chi connectivity index (χ1n) is 7.64. The van der Waals surface area contributed by atoms with Crippen LogP contribution in [0.15, 0.2) is 23.1 Å². The fourth-order valence-electron chi connectivity index (χ4n) is 2.23. The first-order valence-corrected chi connectivity index (χ1v) is 9.94. The number of hydrogen-bond acceptors (Lipinski definition) is 6. The van der Waals surface area contributed by atoms with Crippen LogP contribution in [0.25, 0.3) is 0 Å². The summed E-state index contributed by atoms with van der Waals surface area (Å²) < 4.78 is 65.5. The van der Waals surface area contributed by atoms with Gasteiger partial charge < -0.3 is 0 Å². The number of thiazole rings is 1. The van der Waals surface area contributed by atoms with E-state index in [2.05, 4.69) is 4.98 Å². The van der Waals surface area contributed by atoms with Crippen molar-refractivity contribution >= 4 is 27.3 Å². The molecule has 2 rings (SSSR count). The quantitative estimate of drug-likeness (QED) is 0.804. The molecule has 27 heavy (non-hydrogen) atoms. The third-order valence-corrected chi connectivity index (χ3v) is 6.01. The van der Waals surface area contributed by atoms with Gasteiger partial charge in [0.2, 0.25) is 0 Å². The van der Waals surface area contributed by atoms with Gasteiger partial charge in [0.1, 0.15) is 4.88 Å². The number of rotatable bonds is 5. The molecule has 0 aliphatic rings. The van der Waals surface area contributed by atoms with Crippen LogP contribution in [-0.4, -0.2) is 19.3 Å². The Hall–Kier alpha value is -2.45. The van der Waals surface area contributed by atoms with Gasteiger partial charge in [0.05, 0.1) is 32.8 Å². The SMILES string of the molecule is CCCc1nc(C)c(C(=O)NS(=O)(=O)c2ccc(C#N)c(C(F)(F)F)c2)s1. The number of nitriles is 1. The van der Waals surface area contributed by atoms with Crippen LogP contribution >= 0.6 is 11.3 Å². The molecule has 0 saturated heterocycles. The van der Waals surface area contributed by atoms with Crippen LogP contribution in [0.2, 0.25) is 0 Å². The summed E-state index contributed by atoms with van der Waals surface area (Å²) in [5.41, 5.74) is -1.76. The van der Waals surface area contributed by atoms with Crippen LogP contribution in [0.4, 0.5) is 13.2 Å². The van der Waals surface area contributed by atoms with Gasteiger partial charge in [-0.1, -0.05) is 6.92 Å². The van der Waals surface area contributed by atoms with Gasteiger partial charge in [-0.15, -0.1) is 11.3 Å². The number of amides is 1. The zero-order chi connectivity index (χ0) is 20.4. The largest absolute Gasteiger partial charge is 0.417 e. The maximum atomic E-state index is 13.0. The molecule has 1 amide bonds. The van der Waals surface area contributed by atoms with Crippen LogP contribution in [0.5, 0.6) is 0 Å². The predicted molar refractivity (Wildman–Crippen MR) is 91.7 cm³/mol. The molecule has 1 aromatic heterocycles. The molecule has 11 heteroatoms. The van der Waals surface area contributed by atoms with Crippen LogP contribution in [0, 0.1) is 18.3 Å². The Morgan fingerprint density at radius 3 is 2.59 bits per heavy atom. The molecule has 1 aromatic carbocycles. The second kappa shape index (κ2) is 7.66. The van der Waals surface area contributed by atoms with E-state index in [1.54, 1.807) is 11.6 Å². The third kappa shape index (κ3) is 4.64. The van der Waals surface area contributed by atoms with E-state index in [0.717, 1.165) is 29.9 Å². The predicted octanol–water partition coefficient (Wildman–Crippen LogP) is 3.41. The second-order valence-electron chi connectivity index (χ2n) is 5.52. The molecule has 1 heterocycles. The summed E-state index contributed by atoms with van der Waals surface area (Å²) >= 11 is 1.03. The van der Waals surface area contributed by atoms with E-state index in [9.17, 15) is 26.4 Å². The molecule has 0 saturated carbocycles. The van der Waals surface area contributed by atoms with Crippen molar-refractivity contribution in [3.63, 3.8) is 0 Å². The number of carbonyl (C=O) groups is 1. The van der Waals surface area contributed by atoms with Crippen LogP contribution in [0.3, 0.4) is 0 Å². The highest BCUT2D eigenvalue weighted by atomic mass is 32.2. The molecule has 1 N–H and O–H groups in total. The van der Waals surface area contributed by atoms with Gasteiger partial charge in [0.15, 0.2) is 0 Å². The number of sulfonamides is 1. The maximum absolute atomic E-state index is 13.0. The molecule has 0 radical (unpaired) electrons. The number of nitrogens with zero attached hydrogens (tertiary/aromatic N) is 2. The molecule has 6 nitrogen and oxygen atoms in total. The van der Waals surface area contributed by atoms with Crippen molar-refractivity contribution in [3.8, 4) is 6.07 Å². The Labute approximate surface area is 157 Å². The van der Waals surface area contributed by atoms with E-state index in [1.165, 1.54) is 6.07 Å². The lowest BCUT2D eigenvalue weighted by Gasteiger charge is -2.11. The van der Waals surface area contributed by atoms with Crippen LogP contribution in [-0.2, 0) is 22.6 Å². The molecule has 0 aliphatic carbocycles. The zero-order valence-electron chi connectivity index (χ0n) is 14.2. The Morgan fingerprint density at radius 1 is 1.37 bits per heavy atom. The number of hydrogen-bond donors (Lipinski definition) is 1. The van der Waals surface area contributed by atoms with Crippen molar-refractivity contribution in [2.24, 2.45) is 0 Å². The summed E-state index contributed by atoms with van der Waals surface area (Å²) in [6.45, 7) is 3.46. The number of benzene rings is 1. The van der Waals surface area contributed by atoms with Gasteiger partial charge in [0.25, 0.3) is 15.9 Å². The van der Waals surface area contributed by atoms with E-state index in [4.69, 9.17) is 5.26 Å². The number of nitrogens with one attached hydrogen (secondary N) is 1. The topological polar surface area (TPSA) is 99.9 Å². The summed E-state index contributed by atoms with van der Waals surface area (Å²) in [6, 6.07) is 3.28. The minimum Gasteiger partial charge on any atom is -0.267 e. The average Bonchev–Trinajstić information content (AvgIpc) is 2.94. The molecule has 0 bridgehead atoms. The number of halogens is 3. The number of carbonyl (C=O) groups excluding carboxylic acids is 1. The van der Waals surface area contributed by atoms with Crippen LogP contribution < -0.4 is 4.72 Å². The normalized spacial score (nSPS) is 11.9. The van der Waals surface area contributed by atoms with Gasteiger partial charge >= 0.3 is 6.18 Å². The first kappa shape index (κ1) is 20.9. The van der Waals surface area contributed by atoms with E-state index in [1.807, 2.05) is 6.92 Å². The second-order valence-corrected chi connectivity index (χ2v) is 8.29. The number of aryl methyl sites for hydroxylation is 2. The highest BCUT2D eigenvalue weighted by Crippen LogP contribution is 2.33. The minimum absolute atomic E-state index is 0.0757. The van der Waals surface area contributed by atoms with Gasteiger partial charge in [-0.3, -0.25) is 4.79 Å². The van der Waals surface area contributed by atoms with Gasteiger partial charge in [0, 0.05) is 0 Å².